The van der Waals surface area contributed by atoms with E-state index in [-0.39, 0.29) is 18.2 Å². The Morgan fingerprint density at radius 1 is 1.31 bits per heavy atom. The number of ether oxygens (including phenoxy) is 5. The number of hydrogen-bond acceptors (Lipinski definition) is 8. The molecule has 0 spiro atoms. The molecule has 1 aromatic heterocycles. The number of nitrogens with one attached hydrogen (secondary N) is 1. The third kappa shape index (κ3) is 2.05. The molecule has 0 saturated heterocycles. The van der Waals surface area contributed by atoms with Gasteiger partial charge in [-0.3, -0.25) is 5.10 Å². The molecule has 4 rings (SSSR count). The second-order valence-corrected chi connectivity index (χ2v) is 5.76. The summed E-state index contributed by atoms with van der Waals surface area (Å²) in [5.74, 6) is 1.54. The molecule has 1 aromatic carbocycles. The van der Waals surface area contributed by atoms with Crippen molar-refractivity contribution >= 4 is 0 Å². The van der Waals surface area contributed by atoms with Crippen molar-refractivity contribution in [3.05, 3.63) is 34.3 Å². The summed E-state index contributed by atoms with van der Waals surface area (Å²) in [5, 5.41) is 16.7. The van der Waals surface area contributed by atoms with Gasteiger partial charge in [0.15, 0.2) is 11.5 Å². The average Bonchev–Trinajstić information content (AvgIpc) is 3.25. The van der Waals surface area contributed by atoms with Crippen LogP contribution in [0.3, 0.4) is 0 Å². The number of aromatic amines is 1. The Labute approximate surface area is 148 Å². The molecule has 26 heavy (non-hydrogen) atoms. The van der Waals surface area contributed by atoms with Crippen LogP contribution in [0.1, 0.15) is 22.7 Å². The van der Waals surface area contributed by atoms with Crippen molar-refractivity contribution in [1.29, 1.82) is 5.26 Å². The molecule has 0 aliphatic carbocycles. The molecule has 9 heteroatoms. The highest BCUT2D eigenvalue weighted by atomic mass is 16.7. The largest absolute Gasteiger partial charge is 0.492 e. The molecular weight excluding hydrogens is 340 g/mol. The van der Waals surface area contributed by atoms with Crippen molar-refractivity contribution in [3.8, 4) is 34.9 Å². The zero-order valence-corrected chi connectivity index (χ0v) is 14.4. The monoisotopic (exact) mass is 356 g/mol. The highest BCUT2D eigenvalue weighted by molar-refractivity contribution is 5.68. The fourth-order valence-corrected chi connectivity index (χ4v) is 3.33. The Hall–Kier alpha value is -3.54. The van der Waals surface area contributed by atoms with Crippen molar-refractivity contribution in [2.24, 2.45) is 5.73 Å². The van der Waals surface area contributed by atoms with Crippen molar-refractivity contribution < 1.29 is 23.7 Å². The number of aryl methyl sites for hydroxylation is 1. The van der Waals surface area contributed by atoms with Gasteiger partial charge in [0, 0.05) is 16.8 Å². The fraction of sp³-hybridized carbons (Fsp3) is 0.294. The van der Waals surface area contributed by atoms with Gasteiger partial charge in [0.1, 0.15) is 11.6 Å². The van der Waals surface area contributed by atoms with E-state index in [1.165, 1.54) is 14.2 Å². The first kappa shape index (κ1) is 16.0. The van der Waals surface area contributed by atoms with E-state index in [0.717, 1.165) is 5.69 Å². The van der Waals surface area contributed by atoms with Crippen LogP contribution in [0.15, 0.2) is 17.5 Å². The summed E-state index contributed by atoms with van der Waals surface area (Å²) in [6.07, 6.45) is 0. The summed E-state index contributed by atoms with van der Waals surface area (Å²) in [5.41, 5.74) is 8.32. The van der Waals surface area contributed by atoms with E-state index >= 15 is 0 Å². The van der Waals surface area contributed by atoms with Gasteiger partial charge in [-0.25, -0.2) is 0 Å². The van der Waals surface area contributed by atoms with E-state index in [4.69, 9.17) is 29.4 Å². The van der Waals surface area contributed by atoms with Crippen molar-refractivity contribution in [2.75, 3.05) is 21.0 Å². The molecule has 3 heterocycles. The third-order valence-corrected chi connectivity index (χ3v) is 4.45. The van der Waals surface area contributed by atoms with Gasteiger partial charge >= 0.3 is 0 Å². The molecule has 0 fully saturated rings. The number of allylic oxidation sites excluding steroid dienone is 1. The number of benzene rings is 1. The second-order valence-electron chi connectivity index (χ2n) is 5.76. The van der Waals surface area contributed by atoms with Crippen LogP contribution in [-0.4, -0.2) is 31.2 Å². The number of rotatable bonds is 3. The topological polar surface area (TPSA) is 125 Å². The minimum absolute atomic E-state index is 0.00446. The van der Waals surface area contributed by atoms with Gasteiger partial charge in [-0.2, -0.15) is 5.26 Å². The van der Waals surface area contributed by atoms with E-state index < -0.39 is 5.92 Å². The van der Waals surface area contributed by atoms with Gasteiger partial charge < -0.3 is 29.4 Å². The molecule has 0 bridgehead atoms. The minimum Gasteiger partial charge on any atom is -0.492 e. The van der Waals surface area contributed by atoms with Crippen molar-refractivity contribution in [3.63, 3.8) is 0 Å². The van der Waals surface area contributed by atoms with Gasteiger partial charge in [0.25, 0.3) is 0 Å². The third-order valence-electron chi connectivity index (χ3n) is 4.45. The smallest absolute Gasteiger partial charge is 0.244 e. The molecule has 0 radical (unpaired) electrons. The van der Waals surface area contributed by atoms with Gasteiger partial charge in [-0.05, 0) is 13.0 Å². The highest BCUT2D eigenvalue weighted by Crippen LogP contribution is 2.54. The summed E-state index contributed by atoms with van der Waals surface area (Å²) >= 11 is 0. The number of nitriles is 1. The van der Waals surface area contributed by atoms with Gasteiger partial charge in [-0.15, -0.1) is 5.10 Å². The summed E-state index contributed by atoms with van der Waals surface area (Å²) in [4.78, 5) is 0. The molecule has 0 unspecified atom stereocenters. The molecule has 2 aliphatic rings. The number of fused-ring (bicyclic) bond motifs is 2. The van der Waals surface area contributed by atoms with Crippen LogP contribution in [0.4, 0.5) is 0 Å². The maximum atomic E-state index is 9.70. The quantitative estimate of drug-likeness (QED) is 0.851. The van der Waals surface area contributed by atoms with E-state index in [1.807, 2.05) is 6.92 Å². The molecule has 2 aliphatic heterocycles. The SMILES string of the molecule is COc1c([C@@H]2C(C#N)=C(N)Oc3n[nH]c(C)c32)cc2c(c1OC)OCO2. The first-order chi connectivity index (χ1) is 12.6. The highest BCUT2D eigenvalue weighted by Gasteiger charge is 2.38. The Kier molecular flexibility index (Phi) is 3.54. The van der Waals surface area contributed by atoms with Crippen LogP contribution in [-0.2, 0) is 0 Å². The maximum Gasteiger partial charge on any atom is 0.244 e. The normalized spacial score (nSPS) is 17.4. The van der Waals surface area contributed by atoms with Gasteiger partial charge in [-0.1, -0.05) is 0 Å². The Bertz CT molecular complexity index is 973. The molecule has 134 valence electrons. The van der Waals surface area contributed by atoms with Crippen LogP contribution < -0.4 is 29.4 Å². The lowest BCUT2D eigenvalue weighted by Crippen LogP contribution is -2.21. The summed E-state index contributed by atoms with van der Waals surface area (Å²) < 4.78 is 27.6. The zero-order chi connectivity index (χ0) is 18.4. The van der Waals surface area contributed by atoms with Crippen LogP contribution in [0.25, 0.3) is 0 Å². The number of H-pyrrole nitrogens is 1. The maximum absolute atomic E-state index is 9.70. The second kappa shape index (κ2) is 5.77. The molecule has 3 N–H and O–H groups in total. The Balaban J connectivity index is 2.03. The first-order valence-electron chi connectivity index (χ1n) is 7.77. The predicted octanol–water partition coefficient (Wildman–Crippen LogP) is 1.68. The zero-order valence-electron chi connectivity index (χ0n) is 14.4. The number of hydrogen-bond donors (Lipinski definition) is 2. The molecule has 2 aromatic rings. The lowest BCUT2D eigenvalue weighted by molar-refractivity contribution is 0.170. The number of nitrogens with zero attached hydrogens (tertiary/aromatic N) is 2. The predicted molar refractivity (Wildman–Crippen MR) is 88.3 cm³/mol. The Morgan fingerprint density at radius 3 is 2.77 bits per heavy atom. The summed E-state index contributed by atoms with van der Waals surface area (Å²) in [7, 11) is 3.03. The van der Waals surface area contributed by atoms with Crippen molar-refractivity contribution in [2.45, 2.75) is 12.8 Å². The van der Waals surface area contributed by atoms with E-state index in [0.29, 0.717) is 40.0 Å². The number of aromatic nitrogens is 2. The van der Waals surface area contributed by atoms with Crippen LogP contribution in [0.5, 0.6) is 28.9 Å². The number of nitrogens with two attached hydrogens (primary N) is 1. The molecule has 1 atom stereocenters. The van der Waals surface area contributed by atoms with E-state index in [2.05, 4.69) is 16.3 Å². The Morgan fingerprint density at radius 2 is 2.08 bits per heavy atom. The van der Waals surface area contributed by atoms with E-state index in [9.17, 15) is 5.26 Å². The lowest BCUT2D eigenvalue weighted by Gasteiger charge is -2.26. The van der Waals surface area contributed by atoms with E-state index in [1.54, 1.807) is 6.07 Å². The average molecular weight is 356 g/mol. The summed E-state index contributed by atoms with van der Waals surface area (Å²) in [6.45, 7) is 1.92. The van der Waals surface area contributed by atoms with Crippen LogP contribution in [0.2, 0.25) is 0 Å². The van der Waals surface area contributed by atoms with Crippen LogP contribution in [0, 0.1) is 18.3 Å². The number of methoxy groups -OCH3 is 2. The molecular formula is C17H16N4O5. The minimum atomic E-state index is -0.555. The molecule has 0 saturated carbocycles. The lowest BCUT2D eigenvalue weighted by atomic mass is 9.83. The van der Waals surface area contributed by atoms with Crippen LogP contribution >= 0.6 is 0 Å². The van der Waals surface area contributed by atoms with Crippen molar-refractivity contribution in [1.82, 2.24) is 10.2 Å². The molecule has 9 nitrogen and oxygen atoms in total. The molecule has 0 amide bonds. The summed E-state index contributed by atoms with van der Waals surface area (Å²) in [6, 6.07) is 3.90. The first-order valence-corrected chi connectivity index (χ1v) is 7.77. The van der Waals surface area contributed by atoms with Gasteiger partial charge in [0.2, 0.25) is 30.1 Å². The fourth-order valence-electron chi connectivity index (χ4n) is 3.33. The standard InChI is InChI=1S/C17H16N4O5/c1-7-11-12(9(5-18)16(19)26-17(11)21-20-7)8-4-10-14(25-6-24-10)15(23-3)13(8)22-2/h4,12H,6,19H2,1-3H3,(H,20,21)/t12-/m1/s1. The van der Waals surface area contributed by atoms with Gasteiger partial charge in [0.05, 0.1) is 20.1 Å².